The molecule has 3 rings (SSSR count). The maximum atomic E-state index is 13.2. The van der Waals surface area contributed by atoms with Crippen LogP contribution >= 0.6 is 0 Å². The number of nitrogens with zero attached hydrogens (tertiary/aromatic N) is 3. The minimum Gasteiger partial charge on any atom is -0.340 e. The second-order valence-corrected chi connectivity index (χ2v) is 5.91. The average molecular weight is 301 g/mol. The van der Waals surface area contributed by atoms with Crippen molar-refractivity contribution in [2.75, 3.05) is 13.1 Å². The molecule has 1 aromatic heterocycles. The summed E-state index contributed by atoms with van der Waals surface area (Å²) in [6.45, 7) is 5.48. The number of carbonyl (C=O) groups is 1. The normalized spacial score (nSPS) is 18.0. The number of aromatic nitrogens is 2. The highest BCUT2D eigenvalue weighted by molar-refractivity contribution is 5.79. The Morgan fingerprint density at radius 1 is 1.41 bits per heavy atom. The molecule has 2 aromatic rings. The smallest absolute Gasteiger partial charge is 0.227 e. The van der Waals surface area contributed by atoms with Crippen LogP contribution in [-0.4, -0.2) is 33.4 Å². The molecule has 22 heavy (non-hydrogen) atoms. The number of likely N-dealkylation sites (tertiary alicyclic amines) is 1. The molecule has 1 aliphatic heterocycles. The third-order valence-corrected chi connectivity index (χ3v) is 4.29. The van der Waals surface area contributed by atoms with Gasteiger partial charge in [-0.3, -0.25) is 4.79 Å². The monoisotopic (exact) mass is 301 g/mol. The topological polar surface area (TPSA) is 38.1 Å². The number of benzene rings is 1. The summed E-state index contributed by atoms with van der Waals surface area (Å²) < 4.78 is 15.4. The molecule has 0 spiro atoms. The molecule has 1 aliphatic rings. The van der Waals surface area contributed by atoms with Crippen molar-refractivity contribution in [2.24, 2.45) is 0 Å². The predicted molar refractivity (Wildman–Crippen MR) is 82.0 cm³/mol. The minimum atomic E-state index is -0.297. The van der Waals surface area contributed by atoms with Gasteiger partial charge in [0.15, 0.2) is 0 Å². The molecule has 0 N–H and O–H groups in total. The van der Waals surface area contributed by atoms with Crippen LogP contribution in [0.1, 0.15) is 29.5 Å². The molecule has 1 aromatic carbocycles. The van der Waals surface area contributed by atoms with Crippen LogP contribution in [0.5, 0.6) is 0 Å². The van der Waals surface area contributed by atoms with Crippen molar-refractivity contribution in [3.63, 3.8) is 0 Å². The minimum absolute atomic E-state index is 0.0588. The van der Waals surface area contributed by atoms with E-state index in [4.69, 9.17) is 0 Å². The summed E-state index contributed by atoms with van der Waals surface area (Å²) in [5, 5.41) is 0. The number of hydrogen-bond donors (Lipinski definition) is 0. The quantitative estimate of drug-likeness (QED) is 0.874. The molecule has 0 aliphatic carbocycles. The number of aryl methyl sites for hydroxylation is 2. The Labute approximate surface area is 129 Å². The van der Waals surface area contributed by atoms with Gasteiger partial charge in [-0.25, -0.2) is 9.37 Å². The summed E-state index contributed by atoms with van der Waals surface area (Å²) >= 11 is 0. The van der Waals surface area contributed by atoms with E-state index >= 15 is 0 Å². The van der Waals surface area contributed by atoms with Gasteiger partial charge in [0, 0.05) is 25.0 Å². The summed E-state index contributed by atoms with van der Waals surface area (Å²) in [6.07, 6.45) is 3.06. The number of imidazole rings is 1. The molecular formula is C17H20FN3O. The average Bonchev–Trinajstić information content (AvgIpc) is 3.06. The van der Waals surface area contributed by atoms with E-state index < -0.39 is 0 Å². The SMILES string of the molecule is Cc1cnc(C)n1C1CCN(C(=O)Cc2cccc(F)c2)C1. The van der Waals surface area contributed by atoms with E-state index in [0.717, 1.165) is 30.0 Å². The maximum Gasteiger partial charge on any atom is 0.227 e. The third kappa shape index (κ3) is 2.89. The van der Waals surface area contributed by atoms with Gasteiger partial charge >= 0.3 is 0 Å². The van der Waals surface area contributed by atoms with E-state index in [1.807, 2.05) is 24.9 Å². The fourth-order valence-corrected chi connectivity index (χ4v) is 3.23. The Hall–Kier alpha value is -2.17. The summed E-state index contributed by atoms with van der Waals surface area (Å²) in [5.41, 5.74) is 1.85. The van der Waals surface area contributed by atoms with Crippen molar-refractivity contribution >= 4 is 5.91 Å². The van der Waals surface area contributed by atoms with Crippen molar-refractivity contribution in [2.45, 2.75) is 32.7 Å². The Balaban J connectivity index is 1.66. The molecule has 116 valence electrons. The molecule has 0 saturated carbocycles. The molecule has 1 unspecified atom stereocenters. The molecule has 1 saturated heterocycles. The van der Waals surface area contributed by atoms with Gasteiger partial charge in [-0.15, -0.1) is 0 Å². The van der Waals surface area contributed by atoms with Gasteiger partial charge in [-0.2, -0.15) is 0 Å². The third-order valence-electron chi connectivity index (χ3n) is 4.29. The molecular weight excluding hydrogens is 281 g/mol. The molecule has 4 nitrogen and oxygen atoms in total. The van der Waals surface area contributed by atoms with Gasteiger partial charge in [-0.1, -0.05) is 12.1 Å². The van der Waals surface area contributed by atoms with Gasteiger partial charge in [0.25, 0.3) is 0 Å². The highest BCUT2D eigenvalue weighted by Gasteiger charge is 2.28. The number of carbonyl (C=O) groups excluding carboxylic acids is 1. The number of hydrogen-bond acceptors (Lipinski definition) is 2. The van der Waals surface area contributed by atoms with E-state index in [-0.39, 0.29) is 18.1 Å². The molecule has 1 fully saturated rings. The lowest BCUT2D eigenvalue weighted by molar-refractivity contribution is -0.129. The van der Waals surface area contributed by atoms with Crippen LogP contribution in [0.4, 0.5) is 4.39 Å². The molecule has 1 atom stereocenters. The molecule has 1 amide bonds. The summed E-state index contributed by atoms with van der Waals surface area (Å²) in [4.78, 5) is 18.6. The van der Waals surface area contributed by atoms with Gasteiger partial charge in [-0.05, 0) is 38.0 Å². The first-order valence-corrected chi connectivity index (χ1v) is 7.57. The van der Waals surface area contributed by atoms with E-state index in [0.29, 0.717) is 12.6 Å². The van der Waals surface area contributed by atoms with Gasteiger partial charge < -0.3 is 9.47 Å². The lowest BCUT2D eigenvalue weighted by Crippen LogP contribution is -2.30. The van der Waals surface area contributed by atoms with E-state index in [1.165, 1.54) is 12.1 Å². The van der Waals surface area contributed by atoms with Crippen molar-refractivity contribution < 1.29 is 9.18 Å². The standard InChI is InChI=1S/C17H20FN3O/c1-12-10-19-13(2)21(12)16-6-7-20(11-16)17(22)9-14-4-3-5-15(18)8-14/h3-5,8,10,16H,6-7,9,11H2,1-2H3. The zero-order valence-electron chi connectivity index (χ0n) is 12.9. The summed E-state index contributed by atoms with van der Waals surface area (Å²) in [7, 11) is 0. The Morgan fingerprint density at radius 3 is 2.91 bits per heavy atom. The first-order chi connectivity index (χ1) is 10.5. The zero-order valence-corrected chi connectivity index (χ0v) is 12.9. The first-order valence-electron chi connectivity index (χ1n) is 7.57. The lowest BCUT2D eigenvalue weighted by Gasteiger charge is -2.19. The molecule has 5 heteroatoms. The van der Waals surface area contributed by atoms with Crippen LogP contribution in [0.25, 0.3) is 0 Å². The van der Waals surface area contributed by atoms with Crippen LogP contribution in [0.15, 0.2) is 30.5 Å². The lowest BCUT2D eigenvalue weighted by atomic mass is 10.1. The first kappa shape index (κ1) is 14.8. The summed E-state index contributed by atoms with van der Waals surface area (Å²) in [5.74, 6) is 0.750. The van der Waals surface area contributed by atoms with Crippen LogP contribution in [0.3, 0.4) is 0 Å². The van der Waals surface area contributed by atoms with E-state index in [2.05, 4.69) is 9.55 Å². The van der Waals surface area contributed by atoms with Crippen LogP contribution in [-0.2, 0) is 11.2 Å². The largest absolute Gasteiger partial charge is 0.340 e. The van der Waals surface area contributed by atoms with Crippen LogP contribution in [0, 0.1) is 19.7 Å². The molecule has 0 radical (unpaired) electrons. The van der Waals surface area contributed by atoms with Crippen molar-refractivity contribution in [1.29, 1.82) is 0 Å². The number of rotatable bonds is 3. The van der Waals surface area contributed by atoms with Crippen LogP contribution < -0.4 is 0 Å². The Bertz CT molecular complexity index is 675. The fourth-order valence-electron chi connectivity index (χ4n) is 3.23. The van der Waals surface area contributed by atoms with E-state index in [1.54, 1.807) is 12.1 Å². The van der Waals surface area contributed by atoms with Crippen LogP contribution in [0.2, 0.25) is 0 Å². The number of amides is 1. The second kappa shape index (κ2) is 5.91. The second-order valence-electron chi connectivity index (χ2n) is 5.91. The van der Waals surface area contributed by atoms with Crippen molar-refractivity contribution in [3.05, 3.63) is 53.4 Å². The molecule has 2 heterocycles. The van der Waals surface area contributed by atoms with Gasteiger partial charge in [0.2, 0.25) is 5.91 Å². The highest BCUT2D eigenvalue weighted by atomic mass is 19.1. The maximum absolute atomic E-state index is 13.2. The Kier molecular flexibility index (Phi) is 3.96. The van der Waals surface area contributed by atoms with Crippen molar-refractivity contribution in [1.82, 2.24) is 14.5 Å². The number of halogens is 1. The highest BCUT2D eigenvalue weighted by Crippen LogP contribution is 2.25. The van der Waals surface area contributed by atoms with Gasteiger partial charge in [0.1, 0.15) is 11.6 Å². The Morgan fingerprint density at radius 2 is 2.23 bits per heavy atom. The predicted octanol–water partition coefficient (Wildman–Crippen LogP) is 2.66. The molecule has 0 bridgehead atoms. The zero-order chi connectivity index (χ0) is 15.7. The summed E-state index contributed by atoms with van der Waals surface area (Å²) in [6, 6.07) is 6.54. The van der Waals surface area contributed by atoms with Crippen molar-refractivity contribution in [3.8, 4) is 0 Å². The van der Waals surface area contributed by atoms with Gasteiger partial charge in [0.05, 0.1) is 12.5 Å². The van der Waals surface area contributed by atoms with E-state index in [9.17, 15) is 9.18 Å². The fraction of sp³-hybridized carbons (Fsp3) is 0.412.